The second-order valence-electron chi connectivity index (χ2n) is 5.23. The number of nitrogen functional groups attached to an aromatic ring is 1. The van der Waals surface area contributed by atoms with Crippen LogP contribution >= 0.6 is 0 Å². The van der Waals surface area contributed by atoms with Crippen molar-refractivity contribution in [1.29, 1.82) is 0 Å². The van der Waals surface area contributed by atoms with Crippen molar-refractivity contribution in [3.05, 3.63) is 24.8 Å². The summed E-state index contributed by atoms with van der Waals surface area (Å²) in [5.74, 6) is 0.302. The molecule has 0 radical (unpaired) electrons. The lowest BCUT2D eigenvalue weighted by molar-refractivity contribution is 0.329. The van der Waals surface area contributed by atoms with Crippen molar-refractivity contribution >= 4 is 15.5 Å². The summed E-state index contributed by atoms with van der Waals surface area (Å²) in [6.07, 6.45) is 5.37. The third-order valence-corrected chi connectivity index (χ3v) is 5.46. The Morgan fingerprint density at radius 3 is 2.89 bits per heavy atom. The summed E-state index contributed by atoms with van der Waals surface area (Å²) in [5.41, 5.74) is 7.37. The van der Waals surface area contributed by atoms with E-state index in [-0.39, 0.29) is 11.5 Å². The molecule has 19 heavy (non-hydrogen) atoms. The topological polar surface area (TPSA) is 91.1 Å². The monoisotopic (exact) mass is 281 g/mol. The molecule has 7 heteroatoms. The number of rotatable bonds is 2. The Labute approximate surface area is 111 Å². The SMILES string of the molecule is CC1(n2cc(N)c(-c3ccoc3)n2)CCS(=O)(=O)C1. The van der Waals surface area contributed by atoms with Gasteiger partial charge in [-0.3, -0.25) is 4.68 Å². The number of aromatic nitrogens is 2. The van der Waals surface area contributed by atoms with E-state index in [1.54, 1.807) is 29.5 Å². The molecule has 1 atom stereocenters. The lowest BCUT2D eigenvalue weighted by Gasteiger charge is -2.22. The molecule has 3 rings (SSSR count). The zero-order valence-corrected chi connectivity index (χ0v) is 11.4. The van der Waals surface area contributed by atoms with Gasteiger partial charge >= 0.3 is 0 Å². The number of anilines is 1. The maximum atomic E-state index is 11.7. The van der Waals surface area contributed by atoms with Crippen LogP contribution in [0.15, 0.2) is 29.2 Å². The molecular formula is C12H15N3O3S. The molecule has 1 fully saturated rings. The van der Waals surface area contributed by atoms with Crippen LogP contribution in [0, 0.1) is 0 Å². The van der Waals surface area contributed by atoms with Gasteiger partial charge in [0, 0.05) is 11.8 Å². The van der Waals surface area contributed by atoms with Gasteiger partial charge in [0.25, 0.3) is 0 Å². The molecule has 102 valence electrons. The summed E-state index contributed by atoms with van der Waals surface area (Å²) in [4.78, 5) is 0. The maximum absolute atomic E-state index is 11.7. The van der Waals surface area contributed by atoms with Crippen molar-refractivity contribution in [2.75, 3.05) is 17.2 Å². The number of nitrogens with zero attached hydrogens (tertiary/aromatic N) is 2. The minimum atomic E-state index is -2.98. The Balaban J connectivity index is 2.02. The minimum Gasteiger partial charge on any atom is -0.472 e. The van der Waals surface area contributed by atoms with Crippen LogP contribution in [-0.2, 0) is 15.4 Å². The molecule has 2 aromatic heterocycles. The van der Waals surface area contributed by atoms with E-state index in [9.17, 15) is 8.42 Å². The van der Waals surface area contributed by atoms with Crippen LogP contribution in [0.3, 0.4) is 0 Å². The summed E-state index contributed by atoms with van der Waals surface area (Å²) < 4.78 is 30.0. The van der Waals surface area contributed by atoms with E-state index in [1.165, 1.54) is 0 Å². The highest BCUT2D eigenvalue weighted by Gasteiger charge is 2.41. The first-order chi connectivity index (χ1) is 8.90. The van der Waals surface area contributed by atoms with Gasteiger partial charge in [-0.2, -0.15) is 5.10 Å². The van der Waals surface area contributed by atoms with Gasteiger partial charge in [0.15, 0.2) is 9.84 Å². The summed E-state index contributed by atoms with van der Waals surface area (Å²) in [6.45, 7) is 1.89. The molecule has 0 aromatic carbocycles. The van der Waals surface area contributed by atoms with Crippen LogP contribution in [0.2, 0.25) is 0 Å². The van der Waals surface area contributed by atoms with E-state index in [2.05, 4.69) is 5.10 Å². The summed E-state index contributed by atoms with van der Waals surface area (Å²) in [5, 5.41) is 4.44. The molecule has 1 saturated heterocycles. The van der Waals surface area contributed by atoms with Gasteiger partial charge in [0.05, 0.1) is 35.3 Å². The van der Waals surface area contributed by atoms with Gasteiger partial charge in [-0.1, -0.05) is 0 Å². The summed E-state index contributed by atoms with van der Waals surface area (Å²) in [7, 11) is -2.98. The van der Waals surface area contributed by atoms with Crippen LogP contribution in [-0.4, -0.2) is 29.7 Å². The van der Waals surface area contributed by atoms with E-state index in [0.717, 1.165) is 5.56 Å². The molecule has 2 N–H and O–H groups in total. The Kier molecular flexibility index (Phi) is 2.50. The molecule has 2 aromatic rings. The number of hydrogen-bond acceptors (Lipinski definition) is 5. The Bertz CT molecular complexity index is 703. The van der Waals surface area contributed by atoms with E-state index >= 15 is 0 Å². The molecule has 0 aliphatic carbocycles. The van der Waals surface area contributed by atoms with Crippen LogP contribution in [0.4, 0.5) is 5.69 Å². The Morgan fingerprint density at radius 2 is 2.32 bits per heavy atom. The van der Waals surface area contributed by atoms with E-state index in [4.69, 9.17) is 10.2 Å². The quantitative estimate of drug-likeness (QED) is 0.894. The summed E-state index contributed by atoms with van der Waals surface area (Å²) >= 11 is 0. The molecule has 0 bridgehead atoms. The number of hydrogen-bond donors (Lipinski definition) is 1. The molecule has 0 saturated carbocycles. The number of nitrogens with two attached hydrogens (primary N) is 1. The van der Waals surface area contributed by atoms with Crippen molar-refractivity contribution < 1.29 is 12.8 Å². The van der Waals surface area contributed by atoms with Gasteiger partial charge in [0.1, 0.15) is 5.69 Å². The van der Waals surface area contributed by atoms with Crippen LogP contribution < -0.4 is 5.73 Å². The molecule has 1 aliphatic heterocycles. The lowest BCUT2D eigenvalue weighted by atomic mass is 10.0. The fourth-order valence-electron chi connectivity index (χ4n) is 2.46. The van der Waals surface area contributed by atoms with Crippen LogP contribution in [0.5, 0.6) is 0 Å². The largest absolute Gasteiger partial charge is 0.472 e. The maximum Gasteiger partial charge on any atom is 0.152 e. The normalized spacial score (nSPS) is 25.7. The minimum absolute atomic E-state index is 0.103. The van der Waals surface area contributed by atoms with Gasteiger partial charge in [-0.25, -0.2) is 8.42 Å². The number of sulfone groups is 1. The first-order valence-electron chi connectivity index (χ1n) is 5.98. The van der Waals surface area contributed by atoms with E-state index < -0.39 is 15.4 Å². The fraction of sp³-hybridized carbons (Fsp3) is 0.417. The standard InChI is InChI=1S/C12H15N3O3S/c1-12(3-5-19(16,17)8-12)15-6-10(13)11(14-15)9-2-4-18-7-9/h2,4,6-7H,3,5,8,13H2,1H3. The Morgan fingerprint density at radius 1 is 1.53 bits per heavy atom. The first-order valence-corrected chi connectivity index (χ1v) is 7.80. The predicted octanol–water partition coefficient (Wildman–Crippen LogP) is 1.26. The van der Waals surface area contributed by atoms with Crippen molar-refractivity contribution in [3.63, 3.8) is 0 Å². The second-order valence-corrected chi connectivity index (χ2v) is 7.41. The molecule has 1 unspecified atom stereocenters. The van der Waals surface area contributed by atoms with Gasteiger partial charge in [0.2, 0.25) is 0 Å². The van der Waals surface area contributed by atoms with Crippen LogP contribution in [0.1, 0.15) is 13.3 Å². The lowest BCUT2D eigenvalue weighted by Crippen LogP contribution is -2.31. The molecule has 0 amide bonds. The van der Waals surface area contributed by atoms with E-state index in [1.807, 2.05) is 6.92 Å². The first kappa shape index (κ1) is 12.3. The van der Waals surface area contributed by atoms with E-state index in [0.29, 0.717) is 17.8 Å². The van der Waals surface area contributed by atoms with Crippen molar-refractivity contribution in [1.82, 2.24) is 9.78 Å². The van der Waals surface area contributed by atoms with Crippen LogP contribution in [0.25, 0.3) is 11.3 Å². The third-order valence-electron chi connectivity index (χ3n) is 3.57. The highest BCUT2D eigenvalue weighted by Crippen LogP contribution is 2.33. The molecule has 6 nitrogen and oxygen atoms in total. The van der Waals surface area contributed by atoms with Crippen molar-refractivity contribution in [3.8, 4) is 11.3 Å². The number of furan rings is 1. The zero-order chi connectivity index (χ0) is 13.7. The highest BCUT2D eigenvalue weighted by atomic mass is 32.2. The third kappa shape index (κ3) is 2.03. The zero-order valence-electron chi connectivity index (χ0n) is 10.5. The van der Waals surface area contributed by atoms with Crippen molar-refractivity contribution in [2.24, 2.45) is 0 Å². The smallest absolute Gasteiger partial charge is 0.152 e. The highest BCUT2D eigenvalue weighted by molar-refractivity contribution is 7.91. The van der Waals surface area contributed by atoms with Crippen molar-refractivity contribution in [2.45, 2.75) is 18.9 Å². The second kappa shape index (κ2) is 3.86. The molecule has 3 heterocycles. The molecule has 1 aliphatic rings. The fourth-order valence-corrected chi connectivity index (χ4v) is 4.58. The van der Waals surface area contributed by atoms with Gasteiger partial charge < -0.3 is 10.2 Å². The summed E-state index contributed by atoms with van der Waals surface area (Å²) in [6, 6.07) is 1.77. The Hall–Kier alpha value is -1.76. The average molecular weight is 281 g/mol. The molecule has 0 spiro atoms. The van der Waals surface area contributed by atoms with Gasteiger partial charge in [-0.05, 0) is 19.4 Å². The average Bonchev–Trinajstić information content (AvgIpc) is 2.98. The predicted molar refractivity (Wildman–Crippen MR) is 71.3 cm³/mol. The van der Waals surface area contributed by atoms with Gasteiger partial charge in [-0.15, -0.1) is 0 Å². The molecular weight excluding hydrogens is 266 g/mol.